The predicted molar refractivity (Wildman–Crippen MR) is 81.5 cm³/mol. The lowest BCUT2D eigenvalue weighted by Gasteiger charge is -2.27. The largest absolute Gasteiger partial charge is 0.478 e. The molecule has 6 heteroatoms. The van der Waals surface area contributed by atoms with E-state index < -0.39 is 21.2 Å². The number of aromatic carboxylic acids is 1. The second kappa shape index (κ2) is 5.55. The van der Waals surface area contributed by atoms with Gasteiger partial charge in [-0.3, -0.25) is 5.32 Å². The first kappa shape index (κ1) is 14.7. The Morgan fingerprint density at radius 3 is 2.55 bits per heavy atom. The minimum absolute atomic E-state index is 0.177. The summed E-state index contributed by atoms with van der Waals surface area (Å²) >= 11 is 0. The summed E-state index contributed by atoms with van der Waals surface area (Å²) in [6, 6.07) is 12.9. The Morgan fingerprint density at radius 2 is 1.86 bits per heavy atom. The van der Waals surface area contributed by atoms with E-state index in [0.717, 1.165) is 5.56 Å². The maximum absolute atomic E-state index is 12.8. The SMILES string of the molecule is O=C(O)c1ccc2c(c1)CCNC2S(=O)(=O)c1ccccc1. The van der Waals surface area contributed by atoms with Crippen LogP contribution in [-0.2, 0) is 16.3 Å². The first-order valence-corrected chi connectivity index (χ1v) is 8.43. The molecule has 0 saturated heterocycles. The fourth-order valence-electron chi connectivity index (χ4n) is 2.68. The van der Waals surface area contributed by atoms with E-state index in [1.54, 1.807) is 42.5 Å². The van der Waals surface area contributed by atoms with Crippen LogP contribution in [0.4, 0.5) is 0 Å². The van der Waals surface area contributed by atoms with Gasteiger partial charge in [0.05, 0.1) is 10.5 Å². The molecule has 0 spiro atoms. The third-order valence-electron chi connectivity index (χ3n) is 3.78. The molecule has 0 saturated carbocycles. The Labute approximate surface area is 128 Å². The van der Waals surface area contributed by atoms with Crippen molar-refractivity contribution < 1.29 is 18.3 Å². The van der Waals surface area contributed by atoms with Gasteiger partial charge >= 0.3 is 5.97 Å². The second-order valence-corrected chi connectivity index (χ2v) is 7.19. The van der Waals surface area contributed by atoms with E-state index in [2.05, 4.69) is 5.32 Å². The number of carbonyl (C=O) groups is 1. The van der Waals surface area contributed by atoms with Crippen LogP contribution in [0.15, 0.2) is 53.4 Å². The molecule has 0 aliphatic carbocycles. The van der Waals surface area contributed by atoms with Crippen LogP contribution in [0.1, 0.15) is 26.9 Å². The number of hydrogen-bond donors (Lipinski definition) is 2. The lowest BCUT2D eigenvalue weighted by Crippen LogP contribution is -2.35. The fourth-order valence-corrected chi connectivity index (χ4v) is 4.39. The summed E-state index contributed by atoms with van der Waals surface area (Å²) in [5.41, 5.74) is 1.57. The molecule has 0 fully saturated rings. The van der Waals surface area contributed by atoms with Gasteiger partial charge in [0.15, 0.2) is 9.84 Å². The Balaban J connectivity index is 2.07. The summed E-state index contributed by atoms with van der Waals surface area (Å²) in [5, 5.41) is 11.2. The summed E-state index contributed by atoms with van der Waals surface area (Å²) in [5.74, 6) is -1.01. The molecule has 1 heterocycles. The molecule has 2 N–H and O–H groups in total. The Hall–Kier alpha value is -2.18. The average Bonchev–Trinajstić information content (AvgIpc) is 2.54. The Morgan fingerprint density at radius 1 is 1.14 bits per heavy atom. The van der Waals surface area contributed by atoms with E-state index in [4.69, 9.17) is 5.11 Å². The van der Waals surface area contributed by atoms with Crippen LogP contribution < -0.4 is 5.32 Å². The zero-order valence-corrected chi connectivity index (χ0v) is 12.5. The van der Waals surface area contributed by atoms with Gasteiger partial charge in [0.25, 0.3) is 0 Å². The van der Waals surface area contributed by atoms with Crippen molar-refractivity contribution >= 4 is 15.8 Å². The number of fused-ring (bicyclic) bond motifs is 1. The number of nitrogens with one attached hydrogen (secondary N) is 1. The van der Waals surface area contributed by atoms with Gasteiger partial charge in [-0.1, -0.05) is 24.3 Å². The zero-order chi connectivity index (χ0) is 15.7. The van der Waals surface area contributed by atoms with Gasteiger partial charge in [-0.15, -0.1) is 0 Å². The van der Waals surface area contributed by atoms with E-state index in [1.165, 1.54) is 6.07 Å². The quantitative estimate of drug-likeness (QED) is 0.904. The van der Waals surface area contributed by atoms with Gasteiger partial charge in [0, 0.05) is 6.54 Å². The molecule has 3 rings (SSSR count). The summed E-state index contributed by atoms with van der Waals surface area (Å²) in [6.45, 7) is 0.493. The van der Waals surface area contributed by atoms with Crippen molar-refractivity contribution in [1.29, 1.82) is 0 Å². The molecule has 1 unspecified atom stereocenters. The van der Waals surface area contributed by atoms with E-state index in [-0.39, 0.29) is 10.5 Å². The third kappa shape index (κ3) is 2.51. The lowest BCUT2D eigenvalue weighted by atomic mass is 9.98. The molecule has 1 aliphatic heterocycles. The number of rotatable bonds is 3. The van der Waals surface area contributed by atoms with Crippen LogP contribution >= 0.6 is 0 Å². The van der Waals surface area contributed by atoms with E-state index in [0.29, 0.717) is 18.5 Å². The van der Waals surface area contributed by atoms with E-state index in [1.807, 2.05) is 0 Å². The van der Waals surface area contributed by atoms with Crippen LogP contribution in [0.2, 0.25) is 0 Å². The first-order chi connectivity index (χ1) is 10.5. The highest BCUT2D eigenvalue weighted by molar-refractivity contribution is 7.91. The smallest absolute Gasteiger partial charge is 0.335 e. The molecule has 5 nitrogen and oxygen atoms in total. The topological polar surface area (TPSA) is 83.5 Å². The molecule has 0 amide bonds. The van der Waals surface area contributed by atoms with Crippen molar-refractivity contribution in [2.75, 3.05) is 6.54 Å². The number of sulfone groups is 1. The van der Waals surface area contributed by atoms with Crippen LogP contribution in [0.3, 0.4) is 0 Å². The minimum atomic E-state index is -3.57. The number of hydrogen-bond acceptors (Lipinski definition) is 4. The van der Waals surface area contributed by atoms with Crippen molar-refractivity contribution in [2.24, 2.45) is 0 Å². The lowest BCUT2D eigenvalue weighted by molar-refractivity contribution is 0.0696. The van der Waals surface area contributed by atoms with Gasteiger partial charge in [-0.2, -0.15) is 0 Å². The highest BCUT2D eigenvalue weighted by atomic mass is 32.2. The van der Waals surface area contributed by atoms with Crippen LogP contribution in [0, 0.1) is 0 Å². The Kier molecular flexibility index (Phi) is 3.72. The fraction of sp³-hybridized carbons (Fsp3) is 0.188. The Bertz CT molecular complexity index is 815. The molecule has 0 radical (unpaired) electrons. The molecule has 2 aromatic rings. The second-order valence-electron chi connectivity index (χ2n) is 5.16. The standard InChI is InChI=1S/C16H15NO4S/c18-16(19)12-6-7-14-11(10-12)8-9-17-15(14)22(20,21)13-4-2-1-3-5-13/h1-7,10,15,17H,8-9H2,(H,18,19). The van der Waals surface area contributed by atoms with Gasteiger partial charge < -0.3 is 5.11 Å². The number of carboxylic acid groups (broad SMARTS) is 1. The predicted octanol–water partition coefficient (Wildman–Crippen LogP) is 2.00. The van der Waals surface area contributed by atoms with Crippen LogP contribution in [-0.4, -0.2) is 26.0 Å². The van der Waals surface area contributed by atoms with Crippen LogP contribution in [0.5, 0.6) is 0 Å². The van der Waals surface area contributed by atoms with Crippen molar-refractivity contribution in [3.63, 3.8) is 0 Å². The summed E-state index contributed by atoms with van der Waals surface area (Å²) < 4.78 is 25.6. The molecule has 0 aromatic heterocycles. The van der Waals surface area contributed by atoms with Gasteiger partial charge in [0.1, 0.15) is 5.37 Å². The minimum Gasteiger partial charge on any atom is -0.478 e. The van der Waals surface area contributed by atoms with Gasteiger partial charge in [-0.25, -0.2) is 13.2 Å². The molecular weight excluding hydrogens is 302 g/mol. The normalized spacial score (nSPS) is 17.7. The summed E-state index contributed by atoms with van der Waals surface area (Å²) in [7, 11) is -3.57. The maximum Gasteiger partial charge on any atom is 0.335 e. The third-order valence-corrected chi connectivity index (χ3v) is 5.75. The maximum atomic E-state index is 12.8. The van der Waals surface area contributed by atoms with Crippen LogP contribution in [0.25, 0.3) is 0 Å². The molecule has 2 aromatic carbocycles. The van der Waals surface area contributed by atoms with Crippen molar-refractivity contribution in [2.45, 2.75) is 16.7 Å². The molecule has 22 heavy (non-hydrogen) atoms. The van der Waals surface area contributed by atoms with E-state index >= 15 is 0 Å². The molecule has 0 bridgehead atoms. The monoisotopic (exact) mass is 317 g/mol. The number of carboxylic acids is 1. The molecule has 114 valence electrons. The van der Waals surface area contributed by atoms with Gasteiger partial charge in [0.2, 0.25) is 0 Å². The van der Waals surface area contributed by atoms with E-state index in [9.17, 15) is 13.2 Å². The molecular formula is C16H15NO4S. The van der Waals surface area contributed by atoms with Gasteiger partial charge in [-0.05, 0) is 41.8 Å². The zero-order valence-electron chi connectivity index (χ0n) is 11.7. The van der Waals surface area contributed by atoms with Crippen molar-refractivity contribution in [1.82, 2.24) is 5.32 Å². The number of benzene rings is 2. The average molecular weight is 317 g/mol. The highest BCUT2D eigenvalue weighted by Crippen LogP contribution is 2.32. The van der Waals surface area contributed by atoms with Crippen molar-refractivity contribution in [3.05, 3.63) is 65.2 Å². The first-order valence-electron chi connectivity index (χ1n) is 6.88. The van der Waals surface area contributed by atoms with Crippen molar-refractivity contribution in [3.8, 4) is 0 Å². The molecule has 1 atom stereocenters. The summed E-state index contributed by atoms with van der Waals surface area (Å²) in [6.07, 6.45) is 0.608. The summed E-state index contributed by atoms with van der Waals surface area (Å²) in [4.78, 5) is 11.3. The molecule has 1 aliphatic rings. The highest BCUT2D eigenvalue weighted by Gasteiger charge is 2.32.